The Hall–Kier alpha value is -3.40. The zero-order chi connectivity index (χ0) is 16.7. The quantitative estimate of drug-likeness (QED) is 0.571. The second-order valence-corrected chi connectivity index (χ2v) is 5.56. The first-order valence-corrected chi connectivity index (χ1v) is 7.50. The lowest BCUT2D eigenvalue weighted by Crippen LogP contribution is -2.21. The molecule has 0 aliphatic heterocycles. The third kappa shape index (κ3) is 2.16. The number of hydrogen-bond donors (Lipinski definition) is 1. The maximum Gasteiger partial charge on any atom is 0.198 e. The molecule has 0 fully saturated rings. The summed E-state index contributed by atoms with van der Waals surface area (Å²) in [4.78, 5) is 25.6. The predicted octanol–water partition coefficient (Wildman–Crippen LogP) is 3.84. The molecule has 0 radical (unpaired) electrons. The van der Waals surface area contributed by atoms with Crippen LogP contribution in [-0.2, 0) is 0 Å². The van der Waals surface area contributed by atoms with Crippen molar-refractivity contribution in [1.29, 1.82) is 0 Å². The number of rotatable bonds is 2. The molecule has 1 aliphatic rings. The standard InChI is InChI=1S/C20H13NO3/c21-12-9-10-14-16(11-12)19(22)15-7-4-8-17(18(15)20(14)23)24-13-5-2-1-3-6-13/h1-11H,21H2. The molecule has 3 aromatic carbocycles. The summed E-state index contributed by atoms with van der Waals surface area (Å²) in [7, 11) is 0. The minimum absolute atomic E-state index is 0.217. The second-order valence-electron chi connectivity index (χ2n) is 5.56. The number of hydrogen-bond acceptors (Lipinski definition) is 4. The fourth-order valence-corrected chi connectivity index (χ4v) is 2.88. The summed E-state index contributed by atoms with van der Waals surface area (Å²) in [6, 6.07) is 18.9. The van der Waals surface area contributed by atoms with Crippen molar-refractivity contribution in [2.75, 3.05) is 5.73 Å². The van der Waals surface area contributed by atoms with Crippen molar-refractivity contribution in [2.45, 2.75) is 0 Å². The summed E-state index contributed by atoms with van der Waals surface area (Å²) in [6.45, 7) is 0. The van der Waals surface area contributed by atoms with Crippen LogP contribution in [0.25, 0.3) is 0 Å². The molecule has 3 aromatic rings. The Labute approximate surface area is 138 Å². The molecule has 4 nitrogen and oxygen atoms in total. The molecule has 0 aromatic heterocycles. The highest BCUT2D eigenvalue weighted by atomic mass is 16.5. The van der Waals surface area contributed by atoms with E-state index in [4.69, 9.17) is 10.5 Å². The number of ketones is 2. The molecular weight excluding hydrogens is 302 g/mol. The highest BCUT2D eigenvalue weighted by Crippen LogP contribution is 2.35. The van der Waals surface area contributed by atoms with E-state index >= 15 is 0 Å². The zero-order valence-electron chi connectivity index (χ0n) is 12.7. The molecule has 0 saturated carbocycles. The molecule has 1 aliphatic carbocycles. The number of ether oxygens (including phenoxy) is 1. The molecule has 0 amide bonds. The first kappa shape index (κ1) is 14.2. The predicted molar refractivity (Wildman–Crippen MR) is 90.7 cm³/mol. The van der Waals surface area contributed by atoms with Gasteiger partial charge in [-0.15, -0.1) is 0 Å². The average molecular weight is 315 g/mol. The molecule has 24 heavy (non-hydrogen) atoms. The Morgan fingerprint density at radius 2 is 1.50 bits per heavy atom. The number of nitrogens with two attached hydrogens (primary N) is 1. The molecule has 0 atom stereocenters. The maximum atomic E-state index is 12.9. The van der Waals surface area contributed by atoms with Gasteiger partial charge in [0.1, 0.15) is 11.5 Å². The molecule has 0 spiro atoms. The Kier molecular flexibility index (Phi) is 3.17. The van der Waals surface area contributed by atoms with Crippen LogP contribution >= 0.6 is 0 Å². The number of benzene rings is 3. The van der Waals surface area contributed by atoms with Gasteiger partial charge >= 0.3 is 0 Å². The van der Waals surface area contributed by atoms with Crippen LogP contribution in [0.4, 0.5) is 5.69 Å². The highest BCUT2D eigenvalue weighted by molar-refractivity contribution is 6.29. The van der Waals surface area contributed by atoms with Gasteiger partial charge in [0.15, 0.2) is 11.6 Å². The second kappa shape index (κ2) is 5.35. The van der Waals surface area contributed by atoms with Crippen LogP contribution in [0.3, 0.4) is 0 Å². The lowest BCUT2D eigenvalue weighted by atomic mass is 9.83. The van der Waals surface area contributed by atoms with E-state index in [2.05, 4.69) is 0 Å². The molecule has 0 heterocycles. The van der Waals surface area contributed by atoms with E-state index in [0.717, 1.165) is 0 Å². The summed E-state index contributed by atoms with van der Waals surface area (Å²) >= 11 is 0. The Morgan fingerprint density at radius 3 is 2.29 bits per heavy atom. The van der Waals surface area contributed by atoms with Gasteiger partial charge in [-0.2, -0.15) is 0 Å². The number of fused-ring (bicyclic) bond motifs is 2. The van der Waals surface area contributed by atoms with Crippen molar-refractivity contribution in [3.8, 4) is 11.5 Å². The third-order valence-corrected chi connectivity index (χ3v) is 4.00. The first-order valence-electron chi connectivity index (χ1n) is 7.50. The molecule has 0 saturated heterocycles. The van der Waals surface area contributed by atoms with Crippen molar-refractivity contribution in [3.63, 3.8) is 0 Å². The van der Waals surface area contributed by atoms with Crippen LogP contribution in [0.15, 0.2) is 66.7 Å². The van der Waals surface area contributed by atoms with Gasteiger partial charge in [0, 0.05) is 22.4 Å². The van der Waals surface area contributed by atoms with E-state index < -0.39 is 0 Å². The van der Waals surface area contributed by atoms with Gasteiger partial charge in [0.2, 0.25) is 0 Å². The largest absolute Gasteiger partial charge is 0.457 e. The van der Waals surface area contributed by atoms with E-state index in [0.29, 0.717) is 39.4 Å². The number of carbonyl (C=O) groups is 2. The van der Waals surface area contributed by atoms with Gasteiger partial charge in [-0.1, -0.05) is 30.3 Å². The van der Waals surface area contributed by atoms with Gasteiger partial charge in [0.25, 0.3) is 0 Å². The van der Waals surface area contributed by atoms with Gasteiger partial charge in [-0.3, -0.25) is 9.59 Å². The van der Waals surface area contributed by atoms with Gasteiger partial charge in [0.05, 0.1) is 5.56 Å². The molecule has 4 rings (SSSR count). The fourth-order valence-electron chi connectivity index (χ4n) is 2.88. The summed E-state index contributed by atoms with van der Waals surface area (Å²) in [5.74, 6) is 0.533. The van der Waals surface area contributed by atoms with Crippen LogP contribution in [0.1, 0.15) is 31.8 Å². The molecule has 116 valence electrons. The van der Waals surface area contributed by atoms with E-state index in [1.165, 1.54) is 0 Å². The SMILES string of the molecule is Nc1ccc2c(c1)C(=O)c1cccc(Oc3ccccc3)c1C2=O. The number of para-hydroxylation sites is 1. The molecule has 4 heteroatoms. The van der Waals surface area contributed by atoms with Crippen molar-refractivity contribution in [2.24, 2.45) is 0 Å². The minimum atomic E-state index is -0.230. The smallest absolute Gasteiger partial charge is 0.198 e. The van der Waals surface area contributed by atoms with E-state index in [1.807, 2.05) is 18.2 Å². The summed E-state index contributed by atoms with van der Waals surface area (Å²) in [5, 5.41) is 0. The van der Waals surface area contributed by atoms with Gasteiger partial charge in [-0.25, -0.2) is 0 Å². The van der Waals surface area contributed by atoms with Crippen LogP contribution < -0.4 is 10.5 Å². The molecule has 0 unspecified atom stereocenters. The van der Waals surface area contributed by atoms with E-state index in [-0.39, 0.29) is 11.6 Å². The summed E-state index contributed by atoms with van der Waals surface area (Å²) < 4.78 is 5.84. The van der Waals surface area contributed by atoms with Crippen LogP contribution in [-0.4, -0.2) is 11.6 Å². The van der Waals surface area contributed by atoms with Crippen LogP contribution in [0.2, 0.25) is 0 Å². The zero-order valence-corrected chi connectivity index (χ0v) is 12.7. The number of carbonyl (C=O) groups excluding carboxylic acids is 2. The van der Waals surface area contributed by atoms with Crippen molar-refractivity contribution >= 4 is 17.3 Å². The van der Waals surface area contributed by atoms with E-state index in [1.54, 1.807) is 48.5 Å². The molecule has 2 N–H and O–H groups in total. The lowest BCUT2D eigenvalue weighted by molar-refractivity contribution is 0.0977. The summed E-state index contributed by atoms with van der Waals surface area (Å²) in [5.41, 5.74) is 7.53. The fraction of sp³-hybridized carbons (Fsp3) is 0. The highest BCUT2D eigenvalue weighted by Gasteiger charge is 2.32. The van der Waals surface area contributed by atoms with Crippen LogP contribution in [0, 0.1) is 0 Å². The Balaban J connectivity index is 1.87. The topological polar surface area (TPSA) is 69.4 Å². The normalized spacial score (nSPS) is 12.5. The van der Waals surface area contributed by atoms with Crippen molar-refractivity contribution in [1.82, 2.24) is 0 Å². The molecule has 0 bridgehead atoms. The number of nitrogen functional groups attached to an aromatic ring is 1. The van der Waals surface area contributed by atoms with Gasteiger partial charge in [-0.05, 0) is 36.4 Å². The summed E-state index contributed by atoms with van der Waals surface area (Å²) in [6.07, 6.45) is 0. The average Bonchev–Trinajstić information content (AvgIpc) is 2.60. The third-order valence-electron chi connectivity index (χ3n) is 4.00. The Bertz CT molecular complexity index is 977. The molecular formula is C20H13NO3. The minimum Gasteiger partial charge on any atom is -0.457 e. The maximum absolute atomic E-state index is 12.9. The van der Waals surface area contributed by atoms with E-state index in [9.17, 15) is 9.59 Å². The lowest BCUT2D eigenvalue weighted by Gasteiger charge is -2.20. The monoisotopic (exact) mass is 315 g/mol. The van der Waals surface area contributed by atoms with Crippen LogP contribution in [0.5, 0.6) is 11.5 Å². The van der Waals surface area contributed by atoms with Crippen molar-refractivity contribution in [3.05, 3.63) is 89.0 Å². The van der Waals surface area contributed by atoms with Crippen molar-refractivity contribution < 1.29 is 14.3 Å². The van der Waals surface area contributed by atoms with Gasteiger partial charge < -0.3 is 10.5 Å². The number of anilines is 1. The Morgan fingerprint density at radius 1 is 0.708 bits per heavy atom. The first-order chi connectivity index (χ1) is 11.6.